The van der Waals surface area contributed by atoms with E-state index in [0.717, 1.165) is 54.4 Å². The first kappa shape index (κ1) is 29.5. The van der Waals surface area contributed by atoms with Crippen LogP contribution in [0.4, 0.5) is 0 Å². The van der Waals surface area contributed by atoms with E-state index >= 15 is 0 Å². The fourth-order valence-corrected chi connectivity index (χ4v) is 10.3. The molecule has 4 heteroatoms. The predicted octanol–water partition coefficient (Wildman–Crippen LogP) is 13.2. The van der Waals surface area contributed by atoms with Crippen LogP contribution in [0.5, 0.6) is 0 Å². The quantitative estimate of drug-likeness (QED) is 0.180. The Labute approximate surface area is 320 Å². The highest BCUT2D eigenvalue weighted by molar-refractivity contribution is 6.29. The fourth-order valence-electron chi connectivity index (χ4n) is 10.3. The van der Waals surface area contributed by atoms with Crippen molar-refractivity contribution >= 4 is 65.2 Å². The second-order valence-corrected chi connectivity index (χ2v) is 15.0. The minimum Gasteiger partial charge on any atom is -0.307 e. The molecule has 0 aliphatic heterocycles. The zero-order chi connectivity index (χ0) is 36.8. The van der Waals surface area contributed by atoms with Gasteiger partial charge in [0.05, 0.1) is 44.6 Å². The van der Waals surface area contributed by atoms with Gasteiger partial charge in [0.25, 0.3) is 0 Å². The lowest BCUT2D eigenvalue weighted by Gasteiger charge is -2.17. The van der Waals surface area contributed by atoms with E-state index in [4.69, 9.17) is 0 Å². The van der Waals surface area contributed by atoms with E-state index in [1.165, 1.54) is 55.3 Å². The smallest absolute Gasteiger partial charge is 0.103 e. The molecule has 0 unspecified atom stereocenters. The number of benzene rings is 9. The number of para-hydroxylation sites is 2. The molecule has 0 amide bonds. The van der Waals surface area contributed by atoms with Crippen molar-refractivity contribution in [3.8, 4) is 68.0 Å². The lowest BCUT2D eigenvalue weighted by molar-refractivity contribution is 1.13. The predicted molar refractivity (Wildman–Crippen MR) is 228 cm³/mol. The fraction of sp³-hybridized carbons (Fsp3) is 0. The van der Waals surface area contributed by atoms with Gasteiger partial charge in [-0.15, -0.1) is 0 Å². The number of aromatic nitrogens is 2. The maximum absolute atomic E-state index is 11.2. The second kappa shape index (κ2) is 10.4. The molecule has 0 bridgehead atoms. The topological polar surface area (TPSA) is 57.4 Å². The van der Waals surface area contributed by atoms with Crippen molar-refractivity contribution in [2.45, 2.75) is 0 Å². The molecule has 11 aromatic rings. The highest BCUT2D eigenvalue weighted by Gasteiger charge is 2.29. The van der Waals surface area contributed by atoms with Gasteiger partial charge in [-0.3, -0.25) is 0 Å². The van der Waals surface area contributed by atoms with Crippen molar-refractivity contribution in [2.75, 3.05) is 0 Å². The Balaban J connectivity index is 1.15. The monoisotopic (exact) mass is 706 g/mol. The van der Waals surface area contributed by atoms with E-state index in [1.54, 1.807) is 0 Å². The van der Waals surface area contributed by atoms with E-state index in [0.29, 0.717) is 22.5 Å². The summed E-state index contributed by atoms with van der Waals surface area (Å²) in [5.74, 6) is 0. The summed E-state index contributed by atoms with van der Waals surface area (Å²) in [5, 5.41) is 31.5. The van der Waals surface area contributed by atoms with Gasteiger partial charge in [-0.25, -0.2) is 0 Å². The molecule has 0 fully saturated rings. The molecular weight excluding hydrogens is 681 g/mol. The van der Waals surface area contributed by atoms with Gasteiger partial charge in [-0.1, -0.05) is 121 Å². The third kappa shape index (κ3) is 3.44. The number of fused-ring (bicyclic) bond motifs is 14. The molecule has 0 atom stereocenters. The molecule has 2 aromatic heterocycles. The Morgan fingerprint density at radius 3 is 1.11 bits per heavy atom. The van der Waals surface area contributed by atoms with E-state index in [1.807, 2.05) is 0 Å². The highest BCUT2D eigenvalue weighted by atomic mass is 15.0. The van der Waals surface area contributed by atoms with Crippen molar-refractivity contribution in [3.63, 3.8) is 0 Å². The van der Waals surface area contributed by atoms with Crippen LogP contribution in [0.25, 0.3) is 121 Å². The van der Waals surface area contributed by atoms with Crippen molar-refractivity contribution in [3.05, 3.63) is 169 Å². The summed E-state index contributed by atoms with van der Waals surface area (Å²) in [6.45, 7) is 0. The Morgan fingerprint density at radius 2 is 0.679 bits per heavy atom. The molecule has 2 aliphatic rings. The second-order valence-electron chi connectivity index (χ2n) is 15.0. The SMILES string of the molecule is N#Cc1c(-n2c3ccccc3c3cc4c5c(cccc5c32)-c2ccccc2-4)ccc(-n2c3ccccc3c3cc4c5c(cccc5c32)-c2ccccc2-4)c1C#N. The number of nitriles is 2. The zero-order valence-corrected chi connectivity index (χ0v) is 29.8. The molecule has 0 saturated carbocycles. The third-order valence-electron chi connectivity index (χ3n) is 12.5. The molecular formula is C52H26N4. The molecule has 9 aromatic carbocycles. The molecule has 0 spiro atoms. The van der Waals surface area contributed by atoms with Crippen LogP contribution in [-0.2, 0) is 0 Å². The van der Waals surface area contributed by atoms with Crippen LogP contribution in [0.15, 0.2) is 158 Å². The minimum absolute atomic E-state index is 0.350. The maximum atomic E-state index is 11.2. The van der Waals surface area contributed by atoms with Gasteiger partial charge < -0.3 is 9.13 Å². The number of nitrogens with zero attached hydrogens (tertiary/aromatic N) is 4. The summed E-state index contributed by atoms with van der Waals surface area (Å²) in [4.78, 5) is 0. The normalized spacial score (nSPS) is 12.2. The molecule has 0 N–H and O–H groups in total. The van der Waals surface area contributed by atoms with Crippen LogP contribution >= 0.6 is 0 Å². The molecule has 4 nitrogen and oxygen atoms in total. The van der Waals surface area contributed by atoms with Gasteiger partial charge in [0, 0.05) is 32.3 Å². The molecule has 0 saturated heterocycles. The van der Waals surface area contributed by atoms with Gasteiger partial charge in [-0.2, -0.15) is 10.5 Å². The molecule has 254 valence electrons. The molecule has 2 aliphatic carbocycles. The van der Waals surface area contributed by atoms with Crippen LogP contribution < -0.4 is 0 Å². The van der Waals surface area contributed by atoms with Gasteiger partial charge in [0.1, 0.15) is 12.1 Å². The van der Waals surface area contributed by atoms with Gasteiger partial charge in [-0.05, 0) is 91.7 Å². The first-order valence-corrected chi connectivity index (χ1v) is 18.9. The highest BCUT2D eigenvalue weighted by Crippen LogP contribution is 2.53. The number of hydrogen-bond acceptors (Lipinski definition) is 2. The average molecular weight is 707 g/mol. The Morgan fingerprint density at radius 1 is 0.321 bits per heavy atom. The van der Waals surface area contributed by atoms with E-state index in [-0.39, 0.29) is 0 Å². The zero-order valence-electron chi connectivity index (χ0n) is 29.8. The largest absolute Gasteiger partial charge is 0.307 e. The van der Waals surface area contributed by atoms with E-state index < -0.39 is 0 Å². The lowest BCUT2D eigenvalue weighted by Crippen LogP contribution is -2.05. The number of rotatable bonds is 2. The lowest BCUT2D eigenvalue weighted by atomic mass is 9.98. The first-order chi connectivity index (χ1) is 27.7. The van der Waals surface area contributed by atoms with Gasteiger partial charge >= 0.3 is 0 Å². The van der Waals surface area contributed by atoms with Crippen LogP contribution in [0.1, 0.15) is 11.1 Å². The summed E-state index contributed by atoms with van der Waals surface area (Å²) in [5.41, 5.74) is 16.0. The van der Waals surface area contributed by atoms with Crippen LogP contribution in [-0.4, -0.2) is 9.13 Å². The first-order valence-electron chi connectivity index (χ1n) is 18.9. The summed E-state index contributed by atoms with van der Waals surface area (Å²) in [6.07, 6.45) is 0. The Bertz CT molecular complexity index is 3480. The maximum Gasteiger partial charge on any atom is 0.103 e. The average Bonchev–Trinajstić information content (AvgIpc) is 3.98. The standard InChI is InChI=1S/C52H26N4/c53-27-43-44(28-54)48(56-46-22-8-6-16-34(46)42-26-40-32-14-4-2-12-30(32)36-18-10-20-38(50(36)40)52(42)56)24-23-47(43)55-45-21-7-5-15-33(45)41-25-39-31-13-3-1-11-29(31)35-17-9-19-37(49(35)39)51(41)55/h1-26H. The summed E-state index contributed by atoms with van der Waals surface area (Å²) < 4.78 is 4.44. The van der Waals surface area contributed by atoms with Gasteiger partial charge in [0.15, 0.2) is 0 Å². The van der Waals surface area contributed by atoms with Crippen molar-refractivity contribution in [1.29, 1.82) is 10.5 Å². The minimum atomic E-state index is 0.350. The summed E-state index contributed by atoms with van der Waals surface area (Å²) in [6, 6.07) is 61.1. The third-order valence-corrected chi connectivity index (χ3v) is 12.5. The van der Waals surface area contributed by atoms with Crippen molar-refractivity contribution < 1.29 is 0 Å². The molecule has 0 radical (unpaired) electrons. The summed E-state index contributed by atoms with van der Waals surface area (Å²) >= 11 is 0. The van der Waals surface area contributed by atoms with E-state index in [2.05, 4.69) is 179 Å². The van der Waals surface area contributed by atoms with E-state index in [9.17, 15) is 10.5 Å². The molecule has 13 rings (SSSR count). The van der Waals surface area contributed by atoms with Crippen LogP contribution in [0.2, 0.25) is 0 Å². The Kier molecular flexibility index (Phi) is 5.48. The molecule has 56 heavy (non-hydrogen) atoms. The van der Waals surface area contributed by atoms with Crippen molar-refractivity contribution in [1.82, 2.24) is 9.13 Å². The number of hydrogen-bond donors (Lipinski definition) is 0. The van der Waals surface area contributed by atoms with Crippen LogP contribution in [0, 0.1) is 22.7 Å². The Hall–Kier alpha value is -7.92. The van der Waals surface area contributed by atoms with Gasteiger partial charge in [0.2, 0.25) is 0 Å². The van der Waals surface area contributed by atoms with Crippen molar-refractivity contribution in [2.24, 2.45) is 0 Å². The summed E-state index contributed by atoms with van der Waals surface area (Å²) in [7, 11) is 0. The van der Waals surface area contributed by atoms with Crippen LogP contribution in [0.3, 0.4) is 0 Å². The molecule has 2 heterocycles.